The Kier molecular flexibility index (Phi) is 6.20. The number of hydrogen-bond donors (Lipinski definition) is 12. The molecule has 18 heteroatoms. The number of ether oxygens (including phenoxy) is 1. The van der Waals surface area contributed by atoms with Gasteiger partial charge < -0.3 is 60.9 Å². The Balaban J connectivity index is 2.12. The molecule has 4 rings (SSSR count). The molecular formula is C22H18O17S. The molecule has 1 atom stereocenters. The summed E-state index contributed by atoms with van der Waals surface area (Å²) in [5.41, 5.74) is -4.30. The number of phenolic OH excluding ortho intramolecular Hbond substituents is 7. The van der Waals surface area contributed by atoms with Crippen LogP contribution in [0.5, 0.6) is 46.0 Å². The number of carbonyl (C=O) groups is 1. The van der Waals surface area contributed by atoms with Gasteiger partial charge in [-0.25, -0.2) is 0 Å². The van der Waals surface area contributed by atoms with Crippen LogP contribution in [0.1, 0.15) is 27.0 Å². The van der Waals surface area contributed by atoms with Gasteiger partial charge in [0.05, 0.1) is 0 Å². The zero-order valence-electron chi connectivity index (χ0n) is 19.3. The second-order valence-electron chi connectivity index (χ2n) is 8.41. The van der Waals surface area contributed by atoms with Gasteiger partial charge in [-0.15, -0.1) is 0 Å². The minimum absolute atomic E-state index is 0.625. The van der Waals surface area contributed by atoms with Gasteiger partial charge in [0, 0.05) is 16.7 Å². The normalized spacial score (nSPS) is 19.4. The van der Waals surface area contributed by atoms with Crippen LogP contribution in [-0.4, -0.2) is 80.7 Å². The van der Waals surface area contributed by atoms with Gasteiger partial charge in [-0.1, -0.05) is 24.3 Å². The monoisotopic (exact) mass is 586 g/mol. The fourth-order valence-corrected chi connectivity index (χ4v) is 4.62. The number of hydrogen-bond acceptors (Lipinski definition) is 16. The van der Waals surface area contributed by atoms with Crippen LogP contribution in [0, 0.1) is 0 Å². The molecular weight excluding hydrogens is 568 g/mol. The van der Waals surface area contributed by atoms with Gasteiger partial charge in [-0.05, 0) is 12.1 Å². The predicted molar refractivity (Wildman–Crippen MR) is 123 cm³/mol. The molecule has 0 radical (unpaired) electrons. The first-order chi connectivity index (χ1) is 18.3. The van der Waals surface area contributed by atoms with Gasteiger partial charge in [0.1, 0.15) is 5.56 Å². The van der Waals surface area contributed by atoms with Crippen LogP contribution in [0.2, 0.25) is 0 Å². The molecule has 214 valence electrons. The summed E-state index contributed by atoms with van der Waals surface area (Å²) in [6, 6.07) is 4.86. The number of carbonyl (C=O) groups excluding carboxylic acids is 1. The quantitative estimate of drug-likeness (QED) is 0.0545. The van der Waals surface area contributed by atoms with Gasteiger partial charge in [-0.3, -0.25) is 9.35 Å². The number of rotatable bonds is 5. The average molecular weight is 586 g/mol. The molecule has 3 aromatic carbocycles. The van der Waals surface area contributed by atoms with Crippen molar-refractivity contribution in [3.05, 3.63) is 58.7 Å². The summed E-state index contributed by atoms with van der Waals surface area (Å²) in [6.07, 6.45) is 0. The summed E-state index contributed by atoms with van der Waals surface area (Å²) in [7, 11) is -5.97. The Morgan fingerprint density at radius 2 is 1.30 bits per heavy atom. The first kappa shape index (κ1) is 28.4. The lowest BCUT2D eigenvalue weighted by Crippen LogP contribution is -2.71. The van der Waals surface area contributed by atoms with E-state index in [0.717, 1.165) is 18.2 Å². The molecule has 0 fully saturated rings. The average Bonchev–Trinajstić information content (AvgIpc) is 2.86. The van der Waals surface area contributed by atoms with Crippen molar-refractivity contribution in [3.8, 4) is 46.0 Å². The van der Waals surface area contributed by atoms with Crippen LogP contribution in [0.15, 0.2) is 36.4 Å². The molecule has 1 unspecified atom stereocenters. The molecule has 0 saturated heterocycles. The summed E-state index contributed by atoms with van der Waals surface area (Å²) in [6.45, 7) is 0. The van der Waals surface area contributed by atoms with Gasteiger partial charge in [-0.2, -0.15) is 12.6 Å². The summed E-state index contributed by atoms with van der Waals surface area (Å²) >= 11 is 0. The van der Waals surface area contributed by atoms with Crippen molar-refractivity contribution in [2.45, 2.75) is 17.4 Å². The van der Waals surface area contributed by atoms with Crippen molar-refractivity contribution in [1.82, 2.24) is 0 Å². The van der Waals surface area contributed by atoms with E-state index in [4.69, 9.17) is 4.74 Å². The molecule has 0 spiro atoms. The van der Waals surface area contributed by atoms with Crippen LogP contribution in [-0.2, 0) is 26.2 Å². The van der Waals surface area contributed by atoms with Crippen molar-refractivity contribution < 1.29 is 82.9 Å². The third kappa shape index (κ3) is 3.86. The van der Waals surface area contributed by atoms with E-state index in [1.807, 2.05) is 0 Å². The lowest BCUT2D eigenvalue weighted by atomic mass is 9.80. The molecule has 0 amide bonds. The Bertz CT molecular complexity index is 1650. The molecule has 3 aromatic rings. The summed E-state index contributed by atoms with van der Waals surface area (Å²) in [5, 5.41) is 113. The van der Waals surface area contributed by atoms with E-state index < -0.39 is 102 Å². The maximum atomic E-state index is 13.4. The summed E-state index contributed by atoms with van der Waals surface area (Å²) in [5.74, 6) is -25.6. The first-order valence-electron chi connectivity index (χ1n) is 10.4. The number of benzene rings is 3. The van der Waals surface area contributed by atoms with Crippen LogP contribution in [0.3, 0.4) is 0 Å². The molecule has 1 heterocycles. The standard InChI is InChI=1S/C22H18O17S/c23-10-5-7(6-11(24)14(10)26)13(25)8-3-1-2-4-9(8)21(39-40(35,36)37)22(33,34)20(31,32)12-15(27)16(28)17(29)18(30)19(12)38-21/h1-6,23-24,26-34H,(H,35,36,37). The van der Waals surface area contributed by atoms with Crippen LogP contribution in [0.25, 0.3) is 0 Å². The maximum Gasteiger partial charge on any atom is 0.401 e. The zero-order chi connectivity index (χ0) is 30.2. The summed E-state index contributed by atoms with van der Waals surface area (Å²) < 4.78 is 42.9. The highest BCUT2D eigenvalue weighted by Gasteiger charge is 2.74. The third-order valence-corrected chi connectivity index (χ3v) is 6.42. The van der Waals surface area contributed by atoms with E-state index in [1.165, 1.54) is 0 Å². The minimum atomic E-state index is -5.97. The summed E-state index contributed by atoms with van der Waals surface area (Å²) in [4.78, 5) is 13.4. The van der Waals surface area contributed by atoms with Crippen molar-refractivity contribution in [2.75, 3.05) is 0 Å². The molecule has 1 aliphatic heterocycles. The molecule has 0 bridgehead atoms. The number of ketones is 1. The largest absolute Gasteiger partial charge is 0.504 e. The number of phenols is 7. The SMILES string of the molecule is O=C(c1cc(O)c(O)c(O)c1)c1ccccc1C1(OS(=O)(=O)O)Oc2c(O)c(O)c(O)c(O)c2C(O)(O)C1(O)O. The van der Waals surface area contributed by atoms with Crippen molar-refractivity contribution in [3.63, 3.8) is 0 Å². The van der Waals surface area contributed by atoms with Crippen molar-refractivity contribution >= 4 is 16.2 Å². The number of fused-ring (bicyclic) bond motifs is 1. The van der Waals surface area contributed by atoms with E-state index in [2.05, 4.69) is 4.18 Å². The maximum absolute atomic E-state index is 13.4. The highest BCUT2D eigenvalue weighted by atomic mass is 32.3. The number of aliphatic hydroxyl groups is 4. The van der Waals surface area contributed by atoms with Gasteiger partial charge in [0.2, 0.25) is 17.2 Å². The van der Waals surface area contributed by atoms with E-state index in [1.54, 1.807) is 0 Å². The topological polar surface area (TPSA) is 312 Å². The van der Waals surface area contributed by atoms with E-state index >= 15 is 0 Å². The van der Waals surface area contributed by atoms with Crippen molar-refractivity contribution in [2.24, 2.45) is 0 Å². The van der Waals surface area contributed by atoms with E-state index in [9.17, 15) is 73.9 Å². The molecule has 0 aromatic heterocycles. The van der Waals surface area contributed by atoms with E-state index in [0.29, 0.717) is 18.2 Å². The van der Waals surface area contributed by atoms with Gasteiger partial charge in [0.15, 0.2) is 34.5 Å². The molecule has 0 aliphatic carbocycles. The highest BCUT2D eigenvalue weighted by Crippen LogP contribution is 2.62. The molecule has 12 N–H and O–H groups in total. The predicted octanol–water partition coefficient (Wildman–Crippen LogP) is -1.26. The second-order valence-corrected chi connectivity index (χ2v) is 9.43. The highest BCUT2D eigenvalue weighted by molar-refractivity contribution is 7.80. The molecule has 17 nitrogen and oxygen atoms in total. The Labute approximate surface area is 221 Å². The Morgan fingerprint density at radius 1 is 0.775 bits per heavy atom. The van der Waals surface area contributed by atoms with Crippen LogP contribution >= 0.6 is 0 Å². The zero-order valence-corrected chi connectivity index (χ0v) is 20.1. The second kappa shape index (κ2) is 8.72. The Hall–Kier alpha value is -4.56. The number of aromatic hydroxyl groups is 7. The first-order valence-corrected chi connectivity index (χ1v) is 11.8. The van der Waals surface area contributed by atoms with Gasteiger partial charge in [0.25, 0.3) is 11.6 Å². The smallest absolute Gasteiger partial charge is 0.401 e. The van der Waals surface area contributed by atoms with Gasteiger partial charge >= 0.3 is 16.2 Å². The van der Waals surface area contributed by atoms with Crippen LogP contribution in [0.4, 0.5) is 0 Å². The molecule has 0 saturated carbocycles. The van der Waals surface area contributed by atoms with E-state index in [-0.39, 0.29) is 0 Å². The minimum Gasteiger partial charge on any atom is -0.504 e. The molecule has 1 aliphatic rings. The fraction of sp³-hybridized carbons (Fsp3) is 0.136. The third-order valence-electron chi connectivity index (χ3n) is 5.97. The van der Waals surface area contributed by atoms with Crippen LogP contribution < -0.4 is 4.74 Å². The van der Waals surface area contributed by atoms with Crippen molar-refractivity contribution in [1.29, 1.82) is 0 Å². The molecule has 40 heavy (non-hydrogen) atoms. The fourth-order valence-electron chi connectivity index (χ4n) is 4.09. The lowest BCUT2D eigenvalue weighted by molar-refractivity contribution is -0.461. The Morgan fingerprint density at radius 3 is 1.85 bits per heavy atom. The lowest BCUT2D eigenvalue weighted by Gasteiger charge is -2.50.